The van der Waals surface area contributed by atoms with Gasteiger partial charge in [-0.1, -0.05) is 12.1 Å². The lowest BCUT2D eigenvalue weighted by Crippen LogP contribution is -2.37. The number of amides is 1. The van der Waals surface area contributed by atoms with Gasteiger partial charge in [0, 0.05) is 37.9 Å². The third kappa shape index (κ3) is 6.04. The van der Waals surface area contributed by atoms with Crippen LogP contribution in [0.5, 0.6) is 5.75 Å². The first-order valence-corrected chi connectivity index (χ1v) is 12.8. The fourth-order valence-corrected chi connectivity index (χ4v) is 4.98. The highest BCUT2D eigenvalue weighted by Gasteiger charge is 2.33. The summed E-state index contributed by atoms with van der Waals surface area (Å²) in [5, 5.41) is 0. The maximum Gasteiger partial charge on any atom is 0.416 e. The molecule has 0 radical (unpaired) electrons. The first-order chi connectivity index (χ1) is 19.7. The van der Waals surface area contributed by atoms with Crippen LogP contribution in [-0.4, -0.2) is 53.1 Å². The summed E-state index contributed by atoms with van der Waals surface area (Å²) in [6.45, 7) is 0.852. The van der Waals surface area contributed by atoms with E-state index in [4.69, 9.17) is 9.47 Å². The van der Waals surface area contributed by atoms with Crippen molar-refractivity contribution in [1.82, 2.24) is 19.9 Å². The second-order valence-corrected chi connectivity index (χ2v) is 9.62. The summed E-state index contributed by atoms with van der Waals surface area (Å²) in [5.74, 6) is -1.23. The third-order valence-corrected chi connectivity index (χ3v) is 7.01. The molecule has 4 aromatic rings. The Kier molecular flexibility index (Phi) is 7.98. The molecular weight excluding hydrogens is 540 g/mol. The SMILES string of the molecule is COCC(c1cc(F)cc(C(F)(F)F)c1)c1cc(-c2nccc3c2CCN(Cc2ccc(OC)cc2)C3=O)ncn1. The zero-order valence-corrected chi connectivity index (χ0v) is 22.3. The Morgan fingerprint density at radius 2 is 1.78 bits per heavy atom. The van der Waals surface area contributed by atoms with E-state index in [-0.39, 0.29) is 18.1 Å². The number of pyridine rings is 1. The molecule has 0 saturated heterocycles. The van der Waals surface area contributed by atoms with Crippen molar-refractivity contribution in [2.75, 3.05) is 27.4 Å². The average Bonchev–Trinajstić information content (AvgIpc) is 2.97. The molecule has 0 N–H and O–H groups in total. The zero-order chi connectivity index (χ0) is 29.1. The Bertz CT molecular complexity index is 1560. The van der Waals surface area contributed by atoms with Gasteiger partial charge < -0.3 is 14.4 Å². The number of fused-ring (bicyclic) bond motifs is 1. The van der Waals surface area contributed by atoms with Gasteiger partial charge in [-0.2, -0.15) is 13.2 Å². The number of aromatic nitrogens is 3. The molecule has 212 valence electrons. The lowest BCUT2D eigenvalue weighted by molar-refractivity contribution is -0.137. The standard InChI is InChI=1S/C30H26F4N4O3/c1-40-16-25(19-11-20(30(32,33)34)13-21(31)12-19)26-14-27(37-17-36-26)28-23-8-10-38(29(39)24(23)7-9-35-28)15-18-3-5-22(41-2)6-4-18/h3-7,9,11-14,17,25H,8,10,15-16H2,1-2H3. The first-order valence-electron chi connectivity index (χ1n) is 12.8. The number of halogens is 4. The normalized spacial score (nSPS) is 14.1. The van der Waals surface area contributed by atoms with Crippen LogP contribution in [0.4, 0.5) is 17.6 Å². The highest BCUT2D eigenvalue weighted by Crippen LogP contribution is 2.35. The van der Waals surface area contributed by atoms with E-state index < -0.39 is 23.5 Å². The first kappa shape index (κ1) is 28.2. The van der Waals surface area contributed by atoms with Crippen LogP contribution in [0.2, 0.25) is 0 Å². The van der Waals surface area contributed by atoms with E-state index in [0.717, 1.165) is 29.0 Å². The van der Waals surface area contributed by atoms with Crippen molar-refractivity contribution in [3.8, 4) is 17.1 Å². The van der Waals surface area contributed by atoms with Crippen molar-refractivity contribution in [2.45, 2.75) is 25.1 Å². The molecule has 1 unspecified atom stereocenters. The molecule has 2 aromatic carbocycles. The Morgan fingerprint density at radius 1 is 1.00 bits per heavy atom. The number of carbonyl (C=O) groups excluding carboxylic acids is 1. The second-order valence-electron chi connectivity index (χ2n) is 9.62. The van der Waals surface area contributed by atoms with Gasteiger partial charge in [-0.3, -0.25) is 9.78 Å². The smallest absolute Gasteiger partial charge is 0.416 e. The zero-order valence-electron chi connectivity index (χ0n) is 22.3. The number of benzene rings is 2. The highest BCUT2D eigenvalue weighted by molar-refractivity contribution is 5.98. The van der Waals surface area contributed by atoms with Crippen molar-refractivity contribution < 1.29 is 31.8 Å². The molecule has 0 spiro atoms. The van der Waals surface area contributed by atoms with E-state index in [0.29, 0.717) is 48.2 Å². The van der Waals surface area contributed by atoms with E-state index >= 15 is 0 Å². The van der Waals surface area contributed by atoms with E-state index in [1.165, 1.54) is 19.6 Å². The van der Waals surface area contributed by atoms with E-state index in [1.807, 2.05) is 24.3 Å². The molecule has 0 aliphatic carbocycles. The van der Waals surface area contributed by atoms with Crippen LogP contribution in [-0.2, 0) is 23.9 Å². The number of rotatable bonds is 8. The Balaban J connectivity index is 1.46. The van der Waals surface area contributed by atoms with E-state index in [9.17, 15) is 22.4 Å². The molecule has 2 aromatic heterocycles. The van der Waals surface area contributed by atoms with Crippen molar-refractivity contribution in [1.29, 1.82) is 0 Å². The second kappa shape index (κ2) is 11.6. The van der Waals surface area contributed by atoms with Gasteiger partial charge in [-0.25, -0.2) is 14.4 Å². The number of hydrogen-bond donors (Lipinski definition) is 0. The molecule has 0 fully saturated rings. The molecule has 1 aliphatic heterocycles. The van der Waals surface area contributed by atoms with E-state index in [2.05, 4.69) is 15.0 Å². The number of nitrogens with zero attached hydrogens (tertiary/aromatic N) is 4. The minimum absolute atomic E-state index is 0.0453. The molecule has 1 aliphatic rings. The average molecular weight is 567 g/mol. The molecule has 1 atom stereocenters. The highest BCUT2D eigenvalue weighted by atomic mass is 19.4. The molecule has 11 heteroatoms. The van der Waals surface area contributed by atoms with Crippen LogP contribution in [0, 0.1) is 5.82 Å². The maximum absolute atomic E-state index is 14.2. The minimum Gasteiger partial charge on any atom is -0.497 e. The number of methoxy groups -OCH3 is 2. The summed E-state index contributed by atoms with van der Waals surface area (Å²) in [6, 6.07) is 13.2. The summed E-state index contributed by atoms with van der Waals surface area (Å²) in [7, 11) is 2.99. The van der Waals surface area contributed by atoms with Gasteiger partial charge in [0.15, 0.2) is 0 Å². The summed E-state index contributed by atoms with van der Waals surface area (Å²) in [5.41, 5.74) is 2.37. The monoisotopic (exact) mass is 566 g/mol. The van der Waals surface area contributed by atoms with Crippen molar-refractivity contribution in [3.63, 3.8) is 0 Å². The Morgan fingerprint density at radius 3 is 2.49 bits per heavy atom. The predicted octanol–water partition coefficient (Wildman–Crippen LogP) is 5.68. The number of hydrogen-bond acceptors (Lipinski definition) is 6. The molecule has 3 heterocycles. The van der Waals surface area contributed by atoms with Crippen molar-refractivity contribution in [2.24, 2.45) is 0 Å². The molecular formula is C30H26F4N4O3. The summed E-state index contributed by atoms with van der Waals surface area (Å²) in [6.07, 6.45) is -1.38. The van der Waals surface area contributed by atoms with E-state index in [1.54, 1.807) is 24.1 Å². The van der Waals surface area contributed by atoms with Crippen LogP contribution in [0.3, 0.4) is 0 Å². The predicted molar refractivity (Wildman–Crippen MR) is 142 cm³/mol. The molecule has 0 bridgehead atoms. The molecule has 5 rings (SSSR count). The molecule has 1 amide bonds. The summed E-state index contributed by atoms with van der Waals surface area (Å²) >= 11 is 0. The van der Waals surface area contributed by atoms with Gasteiger partial charge in [0.2, 0.25) is 0 Å². The minimum atomic E-state index is -4.72. The summed E-state index contributed by atoms with van der Waals surface area (Å²) in [4.78, 5) is 28.3. The Hall–Kier alpha value is -4.38. The number of carbonyl (C=O) groups is 1. The topological polar surface area (TPSA) is 77.4 Å². The molecule has 0 saturated carbocycles. The van der Waals surface area contributed by atoms with Crippen molar-refractivity contribution in [3.05, 3.63) is 106 Å². The quantitative estimate of drug-likeness (QED) is 0.256. The van der Waals surface area contributed by atoms with Gasteiger partial charge in [0.1, 0.15) is 17.9 Å². The van der Waals surface area contributed by atoms with Crippen LogP contribution >= 0.6 is 0 Å². The van der Waals surface area contributed by atoms with Gasteiger partial charge in [0.05, 0.1) is 36.4 Å². The van der Waals surface area contributed by atoms with Crippen molar-refractivity contribution >= 4 is 5.91 Å². The fourth-order valence-electron chi connectivity index (χ4n) is 4.98. The molecule has 41 heavy (non-hydrogen) atoms. The third-order valence-electron chi connectivity index (χ3n) is 7.01. The fraction of sp³-hybridized carbons (Fsp3) is 0.267. The van der Waals surface area contributed by atoms with Gasteiger partial charge in [-0.05, 0) is 65.6 Å². The van der Waals surface area contributed by atoms with Crippen LogP contribution in [0.25, 0.3) is 11.4 Å². The van der Waals surface area contributed by atoms with Crippen LogP contribution in [0.1, 0.15) is 44.2 Å². The lowest BCUT2D eigenvalue weighted by atomic mass is 9.92. The van der Waals surface area contributed by atoms with Crippen LogP contribution < -0.4 is 4.74 Å². The largest absolute Gasteiger partial charge is 0.497 e. The van der Waals surface area contributed by atoms with Gasteiger partial charge >= 0.3 is 6.18 Å². The van der Waals surface area contributed by atoms with Gasteiger partial charge in [0.25, 0.3) is 5.91 Å². The number of ether oxygens (including phenoxy) is 2. The Labute approximate surface area is 233 Å². The summed E-state index contributed by atoms with van der Waals surface area (Å²) < 4.78 is 64.9. The maximum atomic E-state index is 14.2. The van der Waals surface area contributed by atoms with Crippen LogP contribution in [0.15, 0.2) is 67.1 Å². The molecule has 7 nitrogen and oxygen atoms in total. The van der Waals surface area contributed by atoms with Gasteiger partial charge in [-0.15, -0.1) is 0 Å². The number of alkyl halides is 3. The lowest BCUT2D eigenvalue weighted by Gasteiger charge is -2.29.